The molecule has 0 saturated heterocycles. The molecule has 1 aliphatic heterocycles. The second-order valence-corrected chi connectivity index (χ2v) is 6.80. The molecule has 0 bridgehead atoms. The van der Waals surface area contributed by atoms with Crippen LogP contribution in [0, 0.1) is 4.77 Å². The van der Waals surface area contributed by atoms with Gasteiger partial charge in [-0.2, -0.15) is 4.98 Å². The van der Waals surface area contributed by atoms with E-state index in [2.05, 4.69) is 39.2 Å². The van der Waals surface area contributed by atoms with Crippen LogP contribution in [0.25, 0.3) is 11.4 Å². The fourth-order valence-electron chi connectivity index (χ4n) is 3.06. The smallest absolute Gasteiger partial charge is 0.217 e. The lowest BCUT2D eigenvalue weighted by atomic mass is 10.0. The summed E-state index contributed by atoms with van der Waals surface area (Å²) in [6.07, 6.45) is 1.07. The minimum absolute atomic E-state index is 0.568. The van der Waals surface area contributed by atoms with Gasteiger partial charge in [0.25, 0.3) is 0 Å². The first-order valence-corrected chi connectivity index (χ1v) is 8.69. The summed E-state index contributed by atoms with van der Waals surface area (Å²) in [6, 6.07) is 16.2. The number of hydrogen-bond acceptors (Lipinski definition) is 3. The maximum absolute atomic E-state index is 5.94. The van der Waals surface area contributed by atoms with Gasteiger partial charge < -0.3 is 0 Å². The van der Waals surface area contributed by atoms with Crippen LogP contribution in [-0.4, -0.2) is 26.2 Å². The van der Waals surface area contributed by atoms with Crippen molar-refractivity contribution in [2.24, 2.45) is 0 Å². The maximum Gasteiger partial charge on any atom is 0.217 e. The summed E-state index contributed by atoms with van der Waals surface area (Å²) in [5.74, 6) is 0.772. The lowest BCUT2D eigenvalue weighted by Gasteiger charge is -2.28. The molecule has 6 heteroatoms. The van der Waals surface area contributed by atoms with E-state index >= 15 is 0 Å². The van der Waals surface area contributed by atoms with E-state index in [0.29, 0.717) is 16.5 Å². The molecule has 0 saturated carbocycles. The van der Waals surface area contributed by atoms with Gasteiger partial charge >= 0.3 is 0 Å². The molecule has 0 radical (unpaired) electrons. The summed E-state index contributed by atoms with van der Waals surface area (Å²) < 4.78 is 2.49. The molecule has 24 heavy (non-hydrogen) atoms. The van der Waals surface area contributed by atoms with Gasteiger partial charge in [-0.25, -0.2) is 4.68 Å². The van der Waals surface area contributed by atoms with Crippen molar-refractivity contribution in [2.45, 2.75) is 19.6 Å². The van der Waals surface area contributed by atoms with Crippen molar-refractivity contribution in [1.29, 1.82) is 0 Å². The number of nitrogens with one attached hydrogen (secondary N) is 1. The van der Waals surface area contributed by atoms with E-state index in [1.165, 1.54) is 11.1 Å². The molecule has 3 aromatic rings. The van der Waals surface area contributed by atoms with Gasteiger partial charge in [-0.15, -0.1) is 0 Å². The summed E-state index contributed by atoms with van der Waals surface area (Å²) in [5, 5.41) is 4.02. The highest BCUT2D eigenvalue weighted by Crippen LogP contribution is 2.20. The van der Waals surface area contributed by atoms with Gasteiger partial charge in [0, 0.05) is 23.7 Å². The minimum Gasteiger partial charge on any atom is -0.280 e. The Morgan fingerprint density at radius 1 is 1.08 bits per heavy atom. The van der Waals surface area contributed by atoms with E-state index in [1.807, 2.05) is 28.9 Å². The van der Waals surface area contributed by atoms with Crippen LogP contribution in [0.2, 0.25) is 5.02 Å². The molecular weight excluding hydrogens is 340 g/mol. The zero-order valence-corrected chi connectivity index (χ0v) is 14.6. The Balaban J connectivity index is 1.54. The lowest BCUT2D eigenvalue weighted by Crippen LogP contribution is -2.32. The van der Waals surface area contributed by atoms with Crippen LogP contribution in [-0.2, 0) is 19.6 Å². The van der Waals surface area contributed by atoms with Crippen LogP contribution < -0.4 is 0 Å². The van der Waals surface area contributed by atoms with Crippen LogP contribution in [0.4, 0.5) is 0 Å². The van der Waals surface area contributed by atoms with Gasteiger partial charge in [0.05, 0.1) is 6.67 Å². The Hall–Kier alpha value is -1.95. The van der Waals surface area contributed by atoms with E-state index in [1.54, 1.807) is 0 Å². The number of rotatable bonds is 3. The Morgan fingerprint density at radius 2 is 1.83 bits per heavy atom. The summed E-state index contributed by atoms with van der Waals surface area (Å²) in [6.45, 7) is 2.68. The molecule has 0 fully saturated rings. The first kappa shape index (κ1) is 15.6. The molecule has 1 N–H and O–H groups in total. The van der Waals surface area contributed by atoms with Crippen LogP contribution >= 0.6 is 23.8 Å². The largest absolute Gasteiger partial charge is 0.280 e. The van der Waals surface area contributed by atoms with Gasteiger partial charge in [0.2, 0.25) is 4.77 Å². The number of halogens is 1. The molecule has 0 atom stereocenters. The standard InChI is InChI=1S/C18H17ClN4S/c19-16-7-5-14(6-8-16)17-20-18(24)23(21-17)12-22-10-9-13-3-1-2-4-15(13)11-22/h1-8H,9-12H2,(H,20,21,24). The topological polar surface area (TPSA) is 36.9 Å². The SMILES string of the molecule is S=c1nc(-c2ccc(Cl)cc2)[nH]n1CN1CCc2ccccc2C1. The van der Waals surface area contributed by atoms with Gasteiger partial charge in [-0.05, 0) is 54.0 Å². The number of aromatic amines is 1. The average molecular weight is 357 g/mol. The molecule has 1 aromatic heterocycles. The van der Waals surface area contributed by atoms with Gasteiger partial charge in [0.15, 0.2) is 5.82 Å². The minimum atomic E-state index is 0.568. The Labute approximate surface area is 150 Å². The number of fused-ring (bicyclic) bond motifs is 1. The predicted octanol–water partition coefficient (Wildman–Crippen LogP) is 4.28. The van der Waals surface area contributed by atoms with E-state index < -0.39 is 0 Å². The second-order valence-electron chi connectivity index (χ2n) is 6.00. The third kappa shape index (κ3) is 3.15. The molecule has 0 unspecified atom stereocenters. The molecule has 4 rings (SSSR count). The van der Waals surface area contributed by atoms with Crippen molar-refractivity contribution < 1.29 is 0 Å². The number of hydrogen-bond donors (Lipinski definition) is 1. The van der Waals surface area contributed by atoms with Crippen LogP contribution in [0.15, 0.2) is 48.5 Å². The predicted molar refractivity (Wildman–Crippen MR) is 98.4 cm³/mol. The summed E-state index contributed by atoms with van der Waals surface area (Å²) in [5.41, 5.74) is 3.82. The monoisotopic (exact) mass is 356 g/mol. The first-order valence-electron chi connectivity index (χ1n) is 7.91. The van der Waals surface area contributed by atoms with Crippen LogP contribution in [0.1, 0.15) is 11.1 Å². The zero-order valence-electron chi connectivity index (χ0n) is 13.1. The molecule has 1 aliphatic rings. The Kier molecular flexibility index (Phi) is 4.22. The maximum atomic E-state index is 5.94. The van der Waals surface area contributed by atoms with E-state index in [0.717, 1.165) is 30.9 Å². The van der Waals surface area contributed by atoms with E-state index in [-0.39, 0.29) is 0 Å². The van der Waals surface area contributed by atoms with Crippen LogP contribution in [0.5, 0.6) is 0 Å². The summed E-state index contributed by atoms with van der Waals surface area (Å²) in [7, 11) is 0. The van der Waals surface area contributed by atoms with Crippen molar-refractivity contribution in [2.75, 3.05) is 6.54 Å². The third-order valence-electron chi connectivity index (χ3n) is 4.35. The molecule has 122 valence electrons. The van der Waals surface area contributed by atoms with Crippen molar-refractivity contribution in [3.8, 4) is 11.4 Å². The van der Waals surface area contributed by atoms with Crippen molar-refractivity contribution >= 4 is 23.8 Å². The Morgan fingerprint density at radius 3 is 2.62 bits per heavy atom. The number of benzene rings is 2. The highest BCUT2D eigenvalue weighted by Gasteiger charge is 2.16. The normalized spacial score (nSPS) is 14.5. The number of nitrogens with zero attached hydrogens (tertiary/aromatic N) is 3. The zero-order chi connectivity index (χ0) is 16.5. The van der Waals surface area contributed by atoms with Crippen LogP contribution in [0.3, 0.4) is 0 Å². The molecule has 0 aliphatic carbocycles. The van der Waals surface area contributed by atoms with Gasteiger partial charge in [-0.1, -0.05) is 35.9 Å². The van der Waals surface area contributed by atoms with Crippen molar-refractivity contribution in [1.82, 2.24) is 19.7 Å². The van der Waals surface area contributed by atoms with E-state index in [9.17, 15) is 0 Å². The second kappa shape index (κ2) is 6.51. The van der Waals surface area contributed by atoms with Crippen molar-refractivity contribution in [3.05, 3.63) is 69.5 Å². The molecule has 0 spiro atoms. The first-order chi connectivity index (χ1) is 11.7. The lowest BCUT2D eigenvalue weighted by molar-refractivity contribution is 0.188. The molecule has 0 amide bonds. The quantitative estimate of drug-likeness (QED) is 0.712. The summed E-state index contributed by atoms with van der Waals surface area (Å²) >= 11 is 11.4. The highest BCUT2D eigenvalue weighted by atomic mass is 35.5. The molecular formula is C18H17ClN4S. The molecule has 2 heterocycles. The average Bonchev–Trinajstić information content (AvgIpc) is 2.96. The molecule has 2 aromatic carbocycles. The van der Waals surface area contributed by atoms with E-state index in [4.69, 9.17) is 23.8 Å². The third-order valence-corrected chi connectivity index (χ3v) is 4.91. The van der Waals surface area contributed by atoms with Gasteiger partial charge in [0.1, 0.15) is 0 Å². The van der Waals surface area contributed by atoms with Gasteiger partial charge in [-0.3, -0.25) is 10.00 Å². The number of aromatic nitrogens is 3. The highest BCUT2D eigenvalue weighted by molar-refractivity contribution is 7.71. The molecule has 4 nitrogen and oxygen atoms in total. The fraction of sp³-hybridized carbons (Fsp3) is 0.222. The Bertz CT molecular complexity index is 913. The number of H-pyrrole nitrogens is 1. The summed E-state index contributed by atoms with van der Waals surface area (Å²) in [4.78, 5) is 6.85. The van der Waals surface area contributed by atoms with Crippen molar-refractivity contribution in [3.63, 3.8) is 0 Å². The fourth-order valence-corrected chi connectivity index (χ4v) is 3.38.